The molecule has 2 atom stereocenters. The summed E-state index contributed by atoms with van der Waals surface area (Å²) in [6.45, 7) is 14.1. The average Bonchev–Trinajstić information content (AvgIpc) is 3.22. The fourth-order valence-corrected chi connectivity index (χ4v) is 5.70. The summed E-state index contributed by atoms with van der Waals surface area (Å²) < 4.78 is 16.5. The molecule has 206 valence electrons. The van der Waals surface area contributed by atoms with E-state index >= 15 is 0 Å². The number of hydrogen-bond acceptors (Lipinski definition) is 5. The molecule has 1 amide bonds. The van der Waals surface area contributed by atoms with E-state index < -0.39 is 11.9 Å². The number of carbonyl (C=O) groups excluding carboxylic acids is 1. The second kappa shape index (κ2) is 11.5. The zero-order chi connectivity index (χ0) is 27.7. The van der Waals surface area contributed by atoms with Gasteiger partial charge in [-0.2, -0.15) is 0 Å². The van der Waals surface area contributed by atoms with E-state index in [4.69, 9.17) is 0 Å². The van der Waals surface area contributed by atoms with Crippen molar-refractivity contribution in [2.45, 2.75) is 72.1 Å². The van der Waals surface area contributed by atoms with E-state index in [1.54, 1.807) is 11.0 Å². The molecule has 0 bridgehead atoms. The molecular formula is C30H41FN4O3. The zero-order valence-corrected chi connectivity index (χ0v) is 23.4. The lowest BCUT2D eigenvalue weighted by Crippen LogP contribution is -2.53. The van der Waals surface area contributed by atoms with E-state index in [9.17, 15) is 19.4 Å². The maximum absolute atomic E-state index is 14.5. The Morgan fingerprint density at radius 1 is 1.18 bits per heavy atom. The molecule has 1 unspecified atom stereocenters. The molecule has 1 aromatic carbocycles. The fraction of sp³-hybridized carbons (Fsp3) is 0.533. The number of carbonyl (C=O) groups is 1. The SMILES string of the molecule is CCN(C(=O)c1cc(F)ccc1-c1cc(C2CN(C(C[C@@H](O)CO)C(C)C)C2)cn2c(C)ncc12)C(C)C. The van der Waals surface area contributed by atoms with Crippen molar-refractivity contribution >= 4 is 11.4 Å². The van der Waals surface area contributed by atoms with Crippen LogP contribution in [0.3, 0.4) is 0 Å². The standard InChI is InChI=1S/C30H41FN4O3/c1-7-34(19(4)5)30(38)27-11-23(31)8-9-25(27)26-10-21(16-35-20(6)32-13-29(26)35)22-14-33(15-22)28(18(2)3)12-24(37)17-36/h8-11,13,16,18-19,22,24,28,36-37H,7,12,14-15,17H2,1-6H3/t24-,28?/m1/s1. The zero-order valence-electron chi connectivity index (χ0n) is 23.4. The molecule has 1 saturated heterocycles. The highest BCUT2D eigenvalue weighted by Gasteiger charge is 2.36. The first-order valence-electron chi connectivity index (χ1n) is 13.7. The molecule has 38 heavy (non-hydrogen) atoms. The summed E-state index contributed by atoms with van der Waals surface area (Å²) in [5.74, 6) is 0.844. The summed E-state index contributed by atoms with van der Waals surface area (Å²) in [5, 5.41) is 19.4. The van der Waals surface area contributed by atoms with Gasteiger partial charge in [0.25, 0.3) is 5.91 Å². The first-order chi connectivity index (χ1) is 18.0. The van der Waals surface area contributed by atoms with Crippen LogP contribution in [0.1, 0.15) is 68.7 Å². The van der Waals surface area contributed by atoms with Crippen LogP contribution in [0.25, 0.3) is 16.6 Å². The van der Waals surface area contributed by atoms with Crippen molar-refractivity contribution in [3.05, 3.63) is 59.4 Å². The molecule has 1 aliphatic heterocycles. The number of aliphatic hydroxyl groups excluding tert-OH is 2. The van der Waals surface area contributed by atoms with Gasteiger partial charge in [-0.15, -0.1) is 0 Å². The summed E-state index contributed by atoms with van der Waals surface area (Å²) in [4.78, 5) is 22.2. The Balaban J connectivity index is 1.73. The predicted octanol–water partition coefficient (Wildman–Crippen LogP) is 4.49. The van der Waals surface area contributed by atoms with E-state index in [-0.39, 0.29) is 30.5 Å². The Bertz CT molecular complexity index is 1280. The van der Waals surface area contributed by atoms with Gasteiger partial charge in [-0.1, -0.05) is 19.9 Å². The number of nitrogens with zero attached hydrogens (tertiary/aromatic N) is 4. The molecule has 0 aliphatic carbocycles. The second-order valence-electron chi connectivity index (χ2n) is 11.2. The molecule has 1 aliphatic rings. The average molecular weight is 525 g/mol. The molecule has 2 N–H and O–H groups in total. The lowest BCUT2D eigenvalue weighted by atomic mass is 9.85. The highest BCUT2D eigenvalue weighted by molar-refractivity contribution is 6.03. The minimum Gasteiger partial charge on any atom is -0.394 e. The molecule has 0 saturated carbocycles. The van der Waals surface area contributed by atoms with Gasteiger partial charge in [-0.3, -0.25) is 9.69 Å². The quantitative estimate of drug-likeness (QED) is 0.409. The molecule has 0 spiro atoms. The van der Waals surface area contributed by atoms with Gasteiger partial charge in [-0.05, 0) is 69.4 Å². The van der Waals surface area contributed by atoms with Crippen LogP contribution in [0, 0.1) is 18.7 Å². The van der Waals surface area contributed by atoms with Crippen molar-refractivity contribution < 1.29 is 19.4 Å². The summed E-state index contributed by atoms with van der Waals surface area (Å²) >= 11 is 0. The maximum Gasteiger partial charge on any atom is 0.254 e. The number of likely N-dealkylation sites (tertiary alicyclic amines) is 1. The van der Waals surface area contributed by atoms with Crippen molar-refractivity contribution in [3.8, 4) is 11.1 Å². The molecule has 2 aromatic heterocycles. The fourth-order valence-electron chi connectivity index (χ4n) is 5.70. The number of imidazole rings is 1. The minimum absolute atomic E-state index is 0.00797. The molecular weight excluding hydrogens is 483 g/mol. The van der Waals surface area contributed by atoms with Gasteiger partial charge >= 0.3 is 0 Å². The Morgan fingerprint density at radius 3 is 2.50 bits per heavy atom. The molecule has 1 fully saturated rings. The maximum atomic E-state index is 14.5. The third-order valence-corrected chi connectivity index (χ3v) is 7.92. The van der Waals surface area contributed by atoms with Crippen molar-refractivity contribution in [3.63, 3.8) is 0 Å². The van der Waals surface area contributed by atoms with Crippen molar-refractivity contribution in [1.29, 1.82) is 0 Å². The summed E-state index contributed by atoms with van der Waals surface area (Å²) in [6, 6.07) is 6.77. The number of hydrogen-bond donors (Lipinski definition) is 2. The predicted molar refractivity (Wildman–Crippen MR) is 148 cm³/mol. The number of rotatable bonds is 10. The van der Waals surface area contributed by atoms with Gasteiger partial charge in [0.05, 0.1) is 30.0 Å². The highest BCUT2D eigenvalue weighted by atomic mass is 19.1. The Hall–Kier alpha value is -2.81. The van der Waals surface area contributed by atoms with Crippen LogP contribution in [0.5, 0.6) is 0 Å². The van der Waals surface area contributed by atoms with Crippen molar-refractivity contribution in [2.24, 2.45) is 5.92 Å². The van der Waals surface area contributed by atoms with E-state index in [1.165, 1.54) is 12.1 Å². The number of pyridine rings is 1. The number of amides is 1. The van der Waals surface area contributed by atoms with Crippen molar-refractivity contribution in [2.75, 3.05) is 26.2 Å². The smallest absolute Gasteiger partial charge is 0.254 e. The Morgan fingerprint density at radius 2 is 1.89 bits per heavy atom. The number of aromatic nitrogens is 2. The van der Waals surface area contributed by atoms with Gasteiger partial charge in [0, 0.05) is 49.4 Å². The van der Waals surface area contributed by atoms with E-state index in [2.05, 4.69) is 40.4 Å². The third kappa shape index (κ3) is 5.48. The van der Waals surface area contributed by atoms with Crippen LogP contribution in [0.2, 0.25) is 0 Å². The first kappa shape index (κ1) is 28.2. The second-order valence-corrected chi connectivity index (χ2v) is 11.2. The third-order valence-electron chi connectivity index (χ3n) is 7.92. The monoisotopic (exact) mass is 524 g/mol. The minimum atomic E-state index is -0.721. The van der Waals surface area contributed by atoms with E-state index in [0.29, 0.717) is 30.0 Å². The van der Waals surface area contributed by atoms with Gasteiger partial charge in [0.15, 0.2) is 0 Å². The molecule has 3 heterocycles. The number of halogens is 1. The van der Waals surface area contributed by atoms with E-state index in [0.717, 1.165) is 35.6 Å². The van der Waals surface area contributed by atoms with Crippen LogP contribution in [-0.4, -0.2) is 79.7 Å². The number of benzene rings is 1. The van der Waals surface area contributed by atoms with Crippen molar-refractivity contribution in [1.82, 2.24) is 19.2 Å². The van der Waals surface area contributed by atoms with Crippen LogP contribution in [-0.2, 0) is 0 Å². The molecule has 7 nitrogen and oxygen atoms in total. The Labute approximate surface area is 224 Å². The summed E-state index contributed by atoms with van der Waals surface area (Å²) in [7, 11) is 0. The van der Waals surface area contributed by atoms with Gasteiger partial charge in [0.1, 0.15) is 11.6 Å². The topological polar surface area (TPSA) is 81.3 Å². The van der Waals surface area contributed by atoms with Crippen LogP contribution >= 0.6 is 0 Å². The molecule has 8 heteroatoms. The number of aryl methyl sites for hydroxylation is 1. The van der Waals surface area contributed by atoms with Crippen LogP contribution < -0.4 is 0 Å². The lowest BCUT2D eigenvalue weighted by Gasteiger charge is -2.47. The highest BCUT2D eigenvalue weighted by Crippen LogP contribution is 2.37. The van der Waals surface area contributed by atoms with E-state index in [1.807, 2.05) is 33.9 Å². The lowest BCUT2D eigenvalue weighted by molar-refractivity contribution is 0.0105. The molecule has 0 radical (unpaired) electrons. The summed E-state index contributed by atoms with van der Waals surface area (Å²) in [6.07, 6.45) is 3.75. The number of fused-ring (bicyclic) bond motifs is 1. The first-order valence-corrected chi connectivity index (χ1v) is 13.7. The van der Waals surface area contributed by atoms with Crippen LogP contribution in [0.15, 0.2) is 36.7 Å². The van der Waals surface area contributed by atoms with Gasteiger partial charge in [0.2, 0.25) is 0 Å². The largest absolute Gasteiger partial charge is 0.394 e. The van der Waals surface area contributed by atoms with Gasteiger partial charge < -0.3 is 19.5 Å². The molecule has 3 aromatic rings. The summed E-state index contributed by atoms with van der Waals surface area (Å²) in [5.41, 5.74) is 3.92. The normalized spacial score (nSPS) is 16.3. The van der Waals surface area contributed by atoms with Crippen LogP contribution in [0.4, 0.5) is 4.39 Å². The van der Waals surface area contributed by atoms with Gasteiger partial charge in [-0.25, -0.2) is 9.37 Å². The number of aliphatic hydroxyl groups is 2. The molecule has 4 rings (SSSR count). The Kier molecular flexibility index (Phi) is 8.55.